The molecular formula is C16H24N2O3. The van der Waals surface area contributed by atoms with Gasteiger partial charge in [0.15, 0.2) is 0 Å². The number of methoxy groups -OCH3 is 2. The maximum atomic E-state index is 11.3. The van der Waals surface area contributed by atoms with E-state index in [0.717, 1.165) is 31.9 Å². The first-order valence-electron chi connectivity index (χ1n) is 7.32. The second-order valence-corrected chi connectivity index (χ2v) is 5.31. The Morgan fingerprint density at radius 1 is 1.19 bits per heavy atom. The summed E-state index contributed by atoms with van der Waals surface area (Å²) < 4.78 is 10.2. The number of hydrogen-bond acceptors (Lipinski definition) is 5. The van der Waals surface area contributed by atoms with Crippen molar-refractivity contribution in [2.24, 2.45) is 0 Å². The quantitative estimate of drug-likeness (QED) is 0.770. The number of hydrogen-bond donors (Lipinski definition) is 0. The molecule has 116 valence electrons. The van der Waals surface area contributed by atoms with E-state index in [9.17, 15) is 4.79 Å². The fourth-order valence-corrected chi connectivity index (χ4v) is 2.76. The van der Waals surface area contributed by atoms with Gasteiger partial charge in [-0.2, -0.15) is 0 Å². The van der Waals surface area contributed by atoms with Crippen molar-refractivity contribution in [3.05, 3.63) is 29.8 Å². The van der Waals surface area contributed by atoms with E-state index in [4.69, 9.17) is 9.47 Å². The predicted octanol–water partition coefficient (Wildman–Crippen LogP) is 1.55. The Morgan fingerprint density at radius 3 is 2.48 bits per heavy atom. The van der Waals surface area contributed by atoms with Crippen LogP contribution in [-0.4, -0.2) is 62.7 Å². The highest BCUT2D eigenvalue weighted by Gasteiger charge is 2.24. The third-order valence-electron chi connectivity index (χ3n) is 4.12. The van der Waals surface area contributed by atoms with E-state index >= 15 is 0 Å². The van der Waals surface area contributed by atoms with Gasteiger partial charge in [-0.1, -0.05) is 18.2 Å². The molecule has 1 fully saturated rings. The molecule has 1 saturated heterocycles. The molecule has 0 saturated carbocycles. The summed E-state index contributed by atoms with van der Waals surface area (Å²) >= 11 is 0. The van der Waals surface area contributed by atoms with Gasteiger partial charge in [-0.05, 0) is 13.0 Å². The Balaban J connectivity index is 1.94. The topological polar surface area (TPSA) is 42.0 Å². The van der Waals surface area contributed by atoms with Gasteiger partial charge in [-0.3, -0.25) is 14.6 Å². The van der Waals surface area contributed by atoms with Crippen molar-refractivity contribution >= 4 is 5.97 Å². The second kappa shape index (κ2) is 7.43. The number of piperazine rings is 1. The lowest BCUT2D eigenvalue weighted by Crippen LogP contribution is -2.48. The minimum atomic E-state index is -0.166. The number of carbonyl (C=O) groups excluding carboxylic acids is 1. The number of ether oxygens (including phenoxy) is 2. The molecule has 1 aromatic rings. The van der Waals surface area contributed by atoms with Gasteiger partial charge >= 0.3 is 5.97 Å². The van der Waals surface area contributed by atoms with Crippen LogP contribution in [0.1, 0.15) is 18.5 Å². The summed E-state index contributed by atoms with van der Waals surface area (Å²) in [6.07, 6.45) is 0. The molecule has 1 aliphatic rings. The lowest BCUT2D eigenvalue weighted by Gasteiger charge is -2.38. The fourth-order valence-electron chi connectivity index (χ4n) is 2.76. The maximum absolute atomic E-state index is 11.3. The first-order chi connectivity index (χ1) is 10.2. The second-order valence-electron chi connectivity index (χ2n) is 5.31. The highest BCUT2D eigenvalue weighted by molar-refractivity contribution is 5.71. The van der Waals surface area contributed by atoms with E-state index in [1.807, 2.05) is 18.2 Å². The van der Waals surface area contributed by atoms with Gasteiger partial charge in [0.05, 0.1) is 20.8 Å². The zero-order valence-electron chi connectivity index (χ0n) is 13.0. The summed E-state index contributed by atoms with van der Waals surface area (Å²) in [6, 6.07) is 8.45. The lowest BCUT2D eigenvalue weighted by molar-refractivity contribution is -0.142. The molecule has 21 heavy (non-hydrogen) atoms. The van der Waals surface area contributed by atoms with Gasteiger partial charge in [0.25, 0.3) is 0 Å². The van der Waals surface area contributed by atoms with Crippen LogP contribution in [0.15, 0.2) is 24.3 Å². The number of rotatable bonds is 5. The van der Waals surface area contributed by atoms with Crippen molar-refractivity contribution in [1.29, 1.82) is 0 Å². The van der Waals surface area contributed by atoms with Crippen LogP contribution >= 0.6 is 0 Å². The summed E-state index contributed by atoms with van der Waals surface area (Å²) in [5, 5.41) is 0. The van der Waals surface area contributed by atoms with Crippen LogP contribution < -0.4 is 4.74 Å². The van der Waals surface area contributed by atoms with Crippen LogP contribution in [0, 0.1) is 0 Å². The highest BCUT2D eigenvalue weighted by atomic mass is 16.5. The molecule has 2 rings (SSSR count). The normalized spacial score (nSPS) is 18.2. The van der Waals surface area contributed by atoms with Crippen molar-refractivity contribution in [1.82, 2.24) is 9.80 Å². The molecule has 1 atom stereocenters. The summed E-state index contributed by atoms with van der Waals surface area (Å²) in [4.78, 5) is 15.9. The third kappa shape index (κ3) is 3.95. The summed E-state index contributed by atoms with van der Waals surface area (Å²) in [7, 11) is 3.14. The van der Waals surface area contributed by atoms with E-state index in [1.54, 1.807) is 7.11 Å². The minimum absolute atomic E-state index is 0.166. The number of benzene rings is 1. The van der Waals surface area contributed by atoms with E-state index in [0.29, 0.717) is 12.6 Å². The Morgan fingerprint density at radius 2 is 1.86 bits per heavy atom. The summed E-state index contributed by atoms with van der Waals surface area (Å²) in [6.45, 7) is 6.23. The highest BCUT2D eigenvalue weighted by Crippen LogP contribution is 2.29. The lowest BCUT2D eigenvalue weighted by atomic mass is 10.0. The Labute approximate surface area is 126 Å². The Hall–Kier alpha value is -1.59. The van der Waals surface area contributed by atoms with E-state index < -0.39 is 0 Å². The first-order valence-corrected chi connectivity index (χ1v) is 7.32. The van der Waals surface area contributed by atoms with Crippen molar-refractivity contribution in [3.63, 3.8) is 0 Å². The summed E-state index contributed by atoms with van der Waals surface area (Å²) in [5.41, 5.74) is 1.21. The minimum Gasteiger partial charge on any atom is -0.496 e. The van der Waals surface area contributed by atoms with Crippen LogP contribution in [0.3, 0.4) is 0 Å². The number of carbonyl (C=O) groups is 1. The molecule has 5 heteroatoms. The summed E-state index contributed by atoms with van der Waals surface area (Å²) in [5.74, 6) is 0.767. The zero-order chi connectivity index (χ0) is 15.2. The van der Waals surface area contributed by atoms with Crippen LogP contribution in [0.5, 0.6) is 5.75 Å². The molecule has 0 aliphatic carbocycles. The molecule has 0 spiro atoms. The van der Waals surface area contributed by atoms with Crippen molar-refractivity contribution < 1.29 is 14.3 Å². The maximum Gasteiger partial charge on any atom is 0.319 e. The van der Waals surface area contributed by atoms with Crippen LogP contribution in [-0.2, 0) is 9.53 Å². The van der Waals surface area contributed by atoms with Gasteiger partial charge < -0.3 is 9.47 Å². The molecule has 5 nitrogen and oxygen atoms in total. The number of nitrogens with zero attached hydrogens (tertiary/aromatic N) is 2. The number of para-hydroxylation sites is 1. The van der Waals surface area contributed by atoms with Crippen LogP contribution in [0.4, 0.5) is 0 Å². The van der Waals surface area contributed by atoms with Gasteiger partial charge in [0.2, 0.25) is 0 Å². The monoisotopic (exact) mass is 292 g/mol. The van der Waals surface area contributed by atoms with Crippen molar-refractivity contribution in [3.8, 4) is 5.75 Å². The van der Waals surface area contributed by atoms with Crippen LogP contribution in [0.2, 0.25) is 0 Å². The molecule has 1 aromatic carbocycles. The molecule has 0 unspecified atom stereocenters. The third-order valence-corrected chi connectivity index (χ3v) is 4.12. The van der Waals surface area contributed by atoms with Gasteiger partial charge in [0, 0.05) is 37.8 Å². The molecule has 1 heterocycles. The Bertz CT molecular complexity index is 470. The number of esters is 1. The van der Waals surface area contributed by atoms with E-state index in [2.05, 4.69) is 22.8 Å². The molecular weight excluding hydrogens is 268 g/mol. The van der Waals surface area contributed by atoms with E-state index in [1.165, 1.54) is 12.7 Å². The molecule has 0 N–H and O–H groups in total. The van der Waals surface area contributed by atoms with Crippen LogP contribution in [0.25, 0.3) is 0 Å². The zero-order valence-corrected chi connectivity index (χ0v) is 13.0. The standard InChI is InChI=1S/C16H24N2O3/c1-13(14-6-4-5-7-15(14)20-2)18-10-8-17(9-11-18)12-16(19)21-3/h4-7,13H,8-12H2,1-3H3/t13-/m0/s1. The van der Waals surface area contributed by atoms with Gasteiger partial charge in [0.1, 0.15) is 5.75 Å². The van der Waals surface area contributed by atoms with Crippen molar-refractivity contribution in [2.75, 3.05) is 46.9 Å². The molecule has 0 amide bonds. The Kier molecular flexibility index (Phi) is 5.59. The first kappa shape index (κ1) is 15.8. The smallest absolute Gasteiger partial charge is 0.319 e. The largest absolute Gasteiger partial charge is 0.496 e. The average Bonchev–Trinajstić information content (AvgIpc) is 2.54. The molecule has 0 bridgehead atoms. The van der Waals surface area contributed by atoms with E-state index in [-0.39, 0.29) is 5.97 Å². The molecule has 0 aromatic heterocycles. The molecule has 0 radical (unpaired) electrons. The SMILES string of the molecule is COC(=O)CN1CCN([C@@H](C)c2ccccc2OC)CC1. The van der Waals surface area contributed by atoms with Gasteiger partial charge in [-0.15, -0.1) is 0 Å². The van der Waals surface area contributed by atoms with Gasteiger partial charge in [-0.25, -0.2) is 0 Å². The predicted molar refractivity (Wildman–Crippen MR) is 81.4 cm³/mol. The average molecular weight is 292 g/mol. The molecule has 1 aliphatic heterocycles. The fraction of sp³-hybridized carbons (Fsp3) is 0.562. The van der Waals surface area contributed by atoms with Crippen molar-refractivity contribution in [2.45, 2.75) is 13.0 Å².